The highest BCUT2D eigenvalue weighted by Gasteiger charge is 2.21. The minimum Gasteiger partial charge on any atom is -0.756 e. The third-order valence-corrected chi connectivity index (χ3v) is 13.3. The lowest BCUT2D eigenvalue weighted by Crippen LogP contribution is -2.37. The molecule has 0 heterocycles. The number of carbonyl (C=O) groups excluding carboxylic acids is 2. The van der Waals surface area contributed by atoms with Crippen LogP contribution in [0, 0.1) is 0 Å². The fourth-order valence-electron chi connectivity index (χ4n) is 7.79. The van der Waals surface area contributed by atoms with Crippen LogP contribution in [0.5, 0.6) is 0 Å². The van der Waals surface area contributed by atoms with Crippen molar-refractivity contribution >= 4 is 19.8 Å². The summed E-state index contributed by atoms with van der Waals surface area (Å²) in [7, 11) is 1.15. The summed E-state index contributed by atoms with van der Waals surface area (Å²) in [5, 5.41) is 0. The van der Waals surface area contributed by atoms with E-state index in [0.717, 1.165) is 109 Å². The van der Waals surface area contributed by atoms with Crippen LogP contribution in [0.4, 0.5) is 0 Å². The number of hydrogen-bond donors (Lipinski definition) is 0. The average Bonchev–Trinajstić information content (AvgIpc) is 3.36. The van der Waals surface area contributed by atoms with Crippen molar-refractivity contribution in [1.82, 2.24) is 0 Å². The summed E-state index contributed by atoms with van der Waals surface area (Å²) in [4.78, 5) is 37.8. The molecule has 10 heteroatoms. The molecule has 0 amide bonds. The molecule has 0 aromatic carbocycles. The molecule has 0 radical (unpaired) electrons. The number of likely N-dealkylation sites (N-methyl/N-ethyl adjacent to an activating group) is 1. The van der Waals surface area contributed by atoms with Crippen LogP contribution in [0.3, 0.4) is 0 Å². The molecule has 0 aliphatic carbocycles. The third-order valence-electron chi connectivity index (χ3n) is 12.3. The van der Waals surface area contributed by atoms with Crippen molar-refractivity contribution in [1.29, 1.82) is 0 Å². The van der Waals surface area contributed by atoms with Crippen molar-refractivity contribution in [3.8, 4) is 0 Å². The number of unbranched alkanes of at least 4 members (excludes halogenated alkanes) is 21. The molecule has 0 aliphatic rings. The van der Waals surface area contributed by atoms with Gasteiger partial charge in [-0.15, -0.1) is 0 Å². The highest BCUT2D eigenvalue weighted by molar-refractivity contribution is 7.45. The molecular weight excluding hydrogens is 942 g/mol. The molecule has 9 nitrogen and oxygen atoms in total. The van der Waals surface area contributed by atoms with Gasteiger partial charge in [0.1, 0.15) is 19.8 Å². The zero-order valence-electron chi connectivity index (χ0n) is 48.0. The van der Waals surface area contributed by atoms with E-state index in [1.807, 2.05) is 21.1 Å². The number of ether oxygens (including phenoxy) is 2. The molecule has 0 saturated carbocycles. The molecule has 0 spiro atoms. The second-order valence-corrected chi connectivity index (χ2v) is 22.0. The molecule has 2 atom stereocenters. The number of phosphoric ester groups is 1. The van der Waals surface area contributed by atoms with E-state index >= 15 is 0 Å². The Balaban J connectivity index is 4.06. The van der Waals surface area contributed by atoms with Crippen LogP contribution < -0.4 is 4.89 Å². The van der Waals surface area contributed by atoms with Crippen molar-refractivity contribution in [3.05, 3.63) is 109 Å². The topological polar surface area (TPSA) is 111 Å². The van der Waals surface area contributed by atoms with Crippen molar-refractivity contribution < 1.29 is 42.1 Å². The van der Waals surface area contributed by atoms with E-state index in [1.54, 1.807) is 0 Å². The molecule has 2 unspecified atom stereocenters. The van der Waals surface area contributed by atoms with Crippen LogP contribution in [0.1, 0.15) is 232 Å². The first-order valence-corrected chi connectivity index (χ1v) is 31.1. The van der Waals surface area contributed by atoms with E-state index in [4.69, 9.17) is 18.5 Å². The normalized spacial score (nSPS) is 14.1. The maximum atomic E-state index is 12.8. The average molecular weight is 1050 g/mol. The van der Waals surface area contributed by atoms with E-state index in [1.165, 1.54) is 83.5 Å². The first kappa shape index (κ1) is 70.7. The highest BCUT2D eigenvalue weighted by Crippen LogP contribution is 2.38. The Morgan fingerprint density at radius 1 is 0.419 bits per heavy atom. The zero-order valence-corrected chi connectivity index (χ0v) is 48.9. The van der Waals surface area contributed by atoms with Gasteiger partial charge in [0.2, 0.25) is 0 Å². The summed E-state index contributed by atoms with van der Waals surface area (Å²) in [6, 6.07) is 0. The number of phosphoric acid groups is 1. The maximum absolute atomic E-state index is 12.8. The van der Waals surface area contributed by atoms with Gasteiger partial charge >= 0.3 is 11.9 Å². The Morgan fingerprint density at radius 2 is 0.730 bits per heavy atom. The number of esters is 2. The van der Waals surface area contributed by atoms with Crippen LogP contribution in [0.25, 0.3) is 0 Å². The number of hydrogen-bond acceptors (Lipinski definition) is 8. The summed E-state index contributed by atoms with van der Waals surface area (Å²) in [6.07, 6.45) is 75.8. The van der Waals surface area contributed by atoms with Gasteiger partial charge in [0, 0.05) is 12.8 Å². The molecule has 0 aromatic heterocycles. The molecule has 0 aliphatic heterocycles. The fraction of sp³-hybridized carbons (Fsp3) is 0.688. The molecular formula is C64H110NO8P. The van der Waals surface area contributed by atoms with Crippen molar-refractivity contribution in [2.24, 2.45) is 0 Å². The summed E-state index contributed by atoms with van der Waals surface area (Å²) in [5.41, 5.74) is 0. The number of nitrogens with zero attached hydrogens (tertiary/aromatic N) is 1. The summed E-state index contributed by atoms with van der Waals surface area (Å²) in [5.74, 6) is -0.855. The first-order valence-electron chi connectivity index (χ1n) is 29.6. The van der Waals surface area contributed by atoms with Crippen LogP contribution in [-0.2, 0) is 32.7 Å². The number of allylic oxidation sites excluding steroid dienone is 18. The smallest absolute Gasteiger partial charge is 0.306 e. The van der Waals surface area contributed by atoms with Gasteiger partial charge in [-0.25, -0.2) is 0 Å². The Labute approximate surface area is 455 Å². The summed E-state index contributed by atoms with van der Waals surface area (Å²) in [6.45, 7) is 3.99. The van der Waals surface area contributed by atoms with Gasteiger partial charge in [0.05, 0.1) is 27.7 Å². The molecule has 424 valence electrons. The van der Waals surface area contributed by atoms with E-state index in [2.05, 4.69) is 123 Å². The molecule has 0 saturated heterocycles. The second-order valence-electron chi connectivity index (χ2n) is 20.6. The van der Waals surface area contributed by atoms with Crippen molar-refractivity contribution in [2.75, 3.05) is 47.5 Å². The van der Waals surface area contributed by atoms with Crippen LogP contribution in [0.15, 0.2) is 109 Å². The van der Waals surface area contributed by atoms with Gasteiger partial charge in [-0.05, 0) is 96.3 Å². The molecule has 0 rings (SSSR count). The van der Waals surface area contributed by atoms with E-state index in [0.29, 0.717) is 23.9 Å². The fourth-order valence-corrected chi connectivity index (χ4v) is 8.52. The minimum atomic E-state index is -4.64. The molecule has 0 N–H and O–H groups in total. The monoisotopic (exact) mass is 1050 g/mol. The van der Waals surface area contributed by atoms with E-state index in [9.17, 15) is 19.0 Å². The SMILES string of the molecule is CC/C=C\C/C=C\C/C=C\C/C=C\C/C=C\C/C=C\CCCCCCCCCCCCCCCCCCC(=O)OC(COC(=O)CCCCCCC/C=C\C/C=C\C/C=C\CC)COP(=O)([O-])OCC[N+](C)(C)C. The molecule has 74 heavy (non-hydrogen) atoms. The predicted octanol–water partition coefficient (Wildman–Crippen LogP) is 18.0. The van der Waals surface area contributed by atoms with Gasteiger partial charge in [-0.1, -0.05) is 232 Å². The van der Waals surface area contributed by atoms with Crippen LogP contribution in [0.2, 0.25) is 0 Å². The van der Waals surface area contributed by atoms with Gasteiger partial charge in [-0.3, -0.25) is 14.2 Å². The number of rotatable bonds is 53. The Hall–Kier alpha value is -3.33. The lowest BCUT2D eigenvalue weighted by molar-refractivity contribution is -0.870. The van der Waals surface area contributed by atoms with E-state index in [-0.39, 0.29) is 26.1 Å². The van der Waals surface area contributed by atoms with Gasteiger partial charge in [0.25, 0.3) is 7.82 Å². The molecule has 0 aromatic rings. The van der Waals surface area contributed by atoms with Gasteiger partial charge in [0.15, 0.2) is 6.10 Å². The Bertz CT molecular complexity index is 1620. The quantitative estimate of drug-likeness (QED) is 0.0195. The van der Waals surface area contributed by atoms with Gasteiger partial charge in [-0.2, -0.15) is 0 Å². The minimum absolute atomic E-state index is 0.0378. The van der Waals surface area contributed by atoms with Crippen LogP contribution >= 0.6 is 7.82 Å². The molecule has 0 bridgehead atoms. The standard InChI is InChI=1S/C64H110NO8P/c1-6-8-10-12-14-16-18-20-22-23-24-25-26-27-28-29-30-31-32-33-34-35-36-37-38-39-40-41-43-45-47-49-51-53-55-57-64(67)73-62(61-72-74(68,69)71-59-58-65(3,4)5)60-70-63(66)56-54-52-50-48-46-44-42-21-19-17-15-13-11-9-7-2/h8-11,14-17,20-22,24-25,27-28,30-31,42,62H,6-7,12-13,18-19,23,26,29,32-41,43-61H2,1-5H3/b10-8-,11-9-,16-14-,17-15-,22-20-,25-24-,28-27-,31-30-,42-21-. The van der Waals surface area contributed by atoms with Gasteiger partial charge < -0.3 is 27.9 Å². The lowest BCUT2D eigenvalue weighted by Gasteiger charge is -2.28. The Morgan fingerprint density at radius 3 is 1.08 bits per heavy atom. The van der Waals surface area contributed by atoms with Crippen molar-refractivity contribution in [3.63, 3.8) is 0 Å². The number of quaternary nitrogens is 1. The number of carbonyl (C=O) groups is 2. The Kier molecular flexibility index (Phi) is 52.0. The predicted molar refractivity (Wildman–Crippen MR) is 314 cm³/mol. The summed E-state index contributed by atoms with van der Waals surface area (Å²) >= 11 is 0. The molecule has 0 fully saturated rings. The lowest BCUT2D eigenvalue weighted by atomic mass is 10.0. The largest absolute Gasteiger partial charge is 0.756 e. The summed E-state index contributed by atoms with van der Waals surface area (Å²) < 4.78 is 34.1. The maximum Gasteiger partial charge on any atom is 0.306 e. The third kappa shape index (κ3) is 57.9. The van der Waals surface area contributed by atoms with E-state index < -0.39 is 32.5 Å². The zero-order chi connectivity index (χ0) is 54.2. The van der Waals surface area contributed by atoms with Crippen molar-refractivity contribution in [2.45, 2.75) is 238 Å². The first-order chi connectivity index (χ1) is 36.0. The second kappa shape index (κ2) is 54.5. The highest BCUT2D eigenvalue weighted by atomic mass is 31.2. The van der Waals surface area contributed by atoms with Crippen LogP contribution in [-0.4, -0.2) is 70.0 Å².